The summed E-state index contributed by atoms with van der Waals surface area (Å²) in [5.41, 5.74) is -1.86. The van der Waals surface area contributed by atoms with E-state index in [9.17, 15) is 14.9 Å². The summed E-state index contributed by atoms with van der Waals surface area (Å²) >= 11 is 0. The molecule has 0 saturated heterocycles. The number of hydrogen-bond acceptors (Lipinski definition) is 4. The van der Waals surface area contributed by atoms with Gasteiger partial charge in [0, 0.05) is 0 Å². The first kappa shape index (κ1) is 13.5. The molecule has 1 rings (SSSR count). The van der Waals surface area contributed by atoms with Gasteiger partial charge in [0.25, 0.3) is 5.69 Å². The van der Waals surface area contributed by atoms with E-state index in [0.29, 0.717) is 0 Å². The van der Waals surface area contributed by atoms with Crippen LogP contribution in [-0.2, 0) is 0 Å². The molecule has 6 nitrogen and oxygen atoms in total. The molecule has 1 aromatic rings. The number of nitrogens with zero attached hydrogens (tertiary/aromatic N) is 1. The Morgan fingerprint density at radius 2 is 2.17 bits per heavy atom. The lowest BCUT2D eigenvalue weighted by atomic mass is 10.1. The van der Waals surface area contributed by atoms with Crippen LogP contribution in [0.1, 0.15) is 24.2 Å². The summed E-state index contributed by atoms with van der Waals surface area (Å²) in [6.45, 7) is 3.23. The van der Waals surface area contributed by atoms with E-state index >= 15 is 0 Å². The van der Waals surface area contributed by atoms with E-state index in [1.165, 1.54) is 6.07 Å². The van der Waals surface area contributed by atoms with Gasteiger partial charge in [-0.2, -0.15) is 0 Å². The summed E-state index contributed by atoms with van der Waals surface area (Å²) in [4.78, 5) is 20.8. The molecule has 0 radical (unpaired) electrons. The summed E-state index contributed by atoms with van der Waals surface area (Å²) in [6.07, 6.45) is 5.23. The van der Waals surface area contributed by atoms with Crippen molar-refractivity contribution in [1.29, 1.82) is 0 Å². The van der Waals surface area contributed by atoms with Gasteiger partial charge in [0.05, 0.1) is 11.0 Å². The second-order valence-electron chi connectivity index (χ2n) is 4.00. The van der Waals surface area contributed by atoms with Crippen LogP contribution in [0.5, 0.6) is 5.75 Å². The van der Waals surface area contributed by atoms with Crippen LogP contribution in [0.2, 0.25) is 0 Å². The van der Waals surface area contributed by atoms with Crippen molar-refractivity contribution in [3.8, 4) is 18.1 Å². The second-order valence-corrected chi connectivity index (χ2v) is 4.00. The van der Waals surface area contributed by atoms with E-state index in [4.69, 9.17) is 16.3 Å². The minimum Gasteiger partial charge on any atom is -0.477 e. The first-order valence-electron chi connectivity index (χ1n) is 4.95. The van der Waals surface area contributed by atoms with E-state index in [0.717, 1.165) is 12.1 Å². The molecule has 0 aliphatic heterocycles. The van der Waals surface area contributed by atoms with Gasteiger partial charge in [0.15, 0.2) is 5.60 Å². The number of hydrogen-bond donors (Lipinski definition) is 1. The summed E-state index contributed by atoms with van der Waals surface area (Å²) in [6, 6.07) is 3.49. The van der Waals surface area contributed by atoms with Crippen molar-refractivity contribution in [2.75, 3.05) is 0 Å². The minimum absolute atomic E-state index is 0.148. The zero-order valence-corrected chi connectivity index (χ0v) is 9.84. The van der Waals surface area contributed by atoms with Gasteiger partial charge < -0.3 is 9.84 Å². The molecule has 6 heteroatoms. The zero-order valence-electron chi connectivity index (χ0n) is 9.84. The van der Waals surface area contributed by atoms with Gasteiger partial charge in [-0.05, 0) is 26.0 Å². The van der Waals surface area contributed by atoms with E-state index in [1.54, 1.807) is 13.8 Å². The van der Waals surface area contributed by atoms with E-state index in [-0.39, 0.29) is 5.75 Å². The van der Waals surface area contributed by atoms with E-state index < -0.39 is 27.7 Å². The van der Waals surface area contributed by atoms with Gasteiger partial charge in [-0.3, -0.25) is 10.1 Å². The van der Waals surface area contributed by atoms with Gasteiger partial charge in [0.1, 0.15) is 11.3 Å². The molecule has 0 saturated carbocycles. The maximum atomic E-state index is 10.8. The Labute approximate surface area is 103 Å². The molecule has 0 heterocycles. The zero-order chi connectivity index (χ0) is 13.9. The molecule has 0 aliphatic carbocycles. The highest BCUT2D eigenvalue weighted by Crippen LogP contribution is 2.27. The van der Waals surface area contributed by atoms with Crippen LogP contribution < -0.4 is 4.74 Å². The van der Waals surface area contributed by atoms with Crippen LogP contribution >= 0.6 is 0 Å². The Balaban J connectivity index is 3.21. The quantitative estimate of drug-likeness (QED) is 0.501. The number of nitro benzene ring substituents is 1. The van der Waals surface area contributed by atoms with Gasteiger partial charge in [-0.15, -0.1) is 6.42 Å². The molecular weight excluding hydrogens is 238 g/mol. The van der Waals surface area contributed by atoms with Gasteiger partial charge >= 0.3 is 5.97 Å². The summed E-state index contributed by atoms with van der Waals surface area (Å²) in [5.74, 6) is 1.14. The van der Waals surface area contributed by atoms with Crippen LogP contribution in [-0.4, -0.2) is 21.6 Å². The van der Waals surface area contributed by atoms with Crippen molar-refractivity contribution in [1.82, 2.24) is 0 Å². The number of ether oxygens (including phenoxy) is 1. The van der Waals surface area contributed by atoms with Crippen molar-refractivity contribution in [3.05, 3.63) is 33.9 Å². The number of terminal acetylenes is 1. The van der Waals surface area contributed by atoms with Crippen LogP contribution in [0.15, 0.2) is 18.2 Å². The van der Waals surface area contributed by atoms with Crippen LogP contribution in [0.3, 0.4) is 0 Å². The molecule has 0 aromatic heterocycles. The third kappa shape index (κ3) is 2.98. The maximum Gasteiger partial charge on any atom is 0.342 e. The Kier molecular flexibility index (Phi) is 3.57. The molecule has 1 aromatic carbocycles. The van der Waals surface area contributed by atoms with E-state index in [1.807, 2.05) is 0 Å². The summed E-state index contributed by atoms with van der Waals surface area (Å²) < 4.78 is 5.34. The van der Waals surface area contributed by atoms with Crippen molar-refractivity contribution in [3.63, 3.8) is 0 Å². The van der Waals surface area contributed by atoms with Gasteiger partial charge in [0.2, 0.25) is 0 Å². The molecule has 0 atom stereocenters. The lowest BCUT2D eigenvalue weighted by Crippen LogP contribution is -2.25. The molecule has 0 amide bonds. The number of carbonyl (C=O) groups is 1. The number of carboxylic acids is 1. The topological polar surface area (TPSA) is 89.7 Å². The molecule has 0 unspecified atom stereocenters. The Morgan fingerprint density at radius 3 is 2.61 bits per heavy atom. The summed E-state index contributed by atoms with van der Waals surface area (Å²) in [7, 11) is 0. The minimum atomic E-state index is -1.37. The van der Waals surface area contributed by atoms with Crippen LogP contribution in [0.25, 0.3) is 0 Å². The average molecular weight is 249 g/mol. The van der Waals surface area contributed by atoms with Gasteiger partial charge in [-0.1, -0.05) is 5.92 Å². The SMILES string of the molecule is C#CC(C)(C)Oc1ccc(C(=O)O)c([N+](=O)[O-])c1. The summed E-state index contributed by atoms with van der Waals surface area (Å²) in [5, 5.41) is 19.6. The number of benzene rings is 1. The Bertz CT molecular complexity index is 542. The monoisotopic (exact) mass is 249 g/mol. The van der Waals surface area contributed by atoms with Crippen molar-refractivity contribution in [2.45, 2.75) is 19.4 Å². The predicted molar refractivity (Wildman–Crippen MR) is 63.6 cm³/mol. The maximum absolute atomic E-state index is 10.8. The first-order valence-corrected chi connectivity index (χ1v) is 4.95. The molecule has 0 bridgehead atoms. The average Bonchev–Trinajstić information content (AvgIpc) is 2.28. The molecule has 18 heavy (non-hydrogen) atoms. The fraction of sp³-hybridized carbons (Fsp3) is 0.250. The third-order valence-electron chi connectivity index (χ3n) is 2.12. The van der Waals surface area contributed by atoms with Gasteiger partial charge in [-0.25, -0.2) is 4.79 Å². The number of aromatic carboxylic acids is 1. The lowest BCUT2D eigenvalue weighted by molar-refractivity contribution is -0.385. The number of nitro groups is 1. The van der Waals surface area contributed by atoms with Crippen LogP contribution in [0, 0.1) is 22.5 Å². The van der Waals surface area contributed by atoms with Crippen molar-refractivity contribution in [2.24, 2.45) is 0 Å². The molecule has 1 N–H and O–H groups in total. The second kappa shape index (κ2) is 4.75. The highest BCUT2D eigenvalue weighted by atomic mass is 16.6. The molecule has 94 valence electrons. The smallest absolute Gasteiger partial charge is 0.342 e. The third-order valence-corrected chi connectivity index (χ3v) is 2.12. The largest absolute Gasteiger partial charge is 0.477 e. The standard InChI is InChI=1S/C12H11NO5/c1-4-12(2,3)18-8-5-6-9(11(14)15)10(7-8)13(16)17/h1,5-7H,2-3H3,(H,14,15). The molecule has 0 spiro atoms. The normalized spacial score (nSPS) is 10.5. The van der Waals surface area contributed by atoms with Crippen molar-refractivity contribution >= 4 is 11.7 Å². The highest BCUT2D eigenvalue weighted by molar-refractivity contribution is 5.92. The lowest BCUT2D eigenvalue weighted by Gasteiger charge is -2.20. The Hall–Kier alpha value is -2.55. The van der Waals surface area contributed by atoms with Crippen LogP contribution in [0.4, 0.5) is 5.69 Å². The number of carboxylic acid groups (broad SMARTS) is 1. The first-order chi connectivity index (χ1) is 8.26. The molecule has 0 fully saturated rings. The Morgan fingerprint density at radius 1 is 1.56 bits per heavy atom. The molecular formula is C12H11NO5. The highest BCUT2D eigenvalue weighted by Gasteiger charge is 2.23. The fourth-order valence-corrected chi connectivity index (χ4v) is 1.23. The predicted octanol–water partition coefficient (Wildman–Crippen LogP) is 2.08. The van der Waals surface area contributed by atoms with Crippen molar-refractivity contribution < 1.29 is 19.6 Å². The van der Waals surface area contributed by atoms with E-state index in [2.05, 4.69) is 5.92 Å². The molecule has 0 aliphatic rings. The fourth-order valence-electron chi connectivity index (χ4n) is 1.23. The number of rotatable bonds is 4.